The van der Waals surface area contributed by atoms with Gasteiger partial charge in [-0.25, -0.2) is 0 Å². The van der Waals surface area contributed by atoms with Gasteiger partial charge in [0.25, 0.3) is 0 Å². The molecule has 0 heterocycles. The first-order valence-electron chi connectivity index (χ1n) is 3.64. The maximum atomic E-state index is 7.27. The molecular weight excluding hydrogens is 168 g/mol. The monoisotopic (exact) mass is 180 g/mol. The van der Waals surface area contributed by atoms with Crippen molar-refractivity contribution in [2.75, 3.05) is 6.26 Å². The van der Waals surface area contributed by atoms with Crippen LogP contribution in [0.2, 0.25) is 0 Å². The summed E-state index contributed by atoms with van der Waals surface area (Å²) >= 11 is 1.69. The average molecular weight is 180 g/mol. The molecule has 0 spiro atoms. The van der Waals surface area contributed by atoms with Crippen molar-refractivity contribution < 1.29 is 0 Å². The van der Waals surface area contributed by atoms with E-state index in [4.69, 9.17) is 11.1 Å². The van der Waals surface area contributed by atoms with Gasteiger partial charge in [0.05, 0.1) is 0 Å². The van der Waals surface area contributed by atoms with Crippen LogP contribution in [0.1, 0.15) is 11.1 Å². The second kappa shape index (κ2) is 3.63. The van der Waals surface area contributed by atoms with Gasteiger partial charge in [0.2, 0.25) is 0 Å². The zero-order valence-corrected chi connectivity index (χ0v) is 8.03. The Bertz CT molecular complexity index is 307. The molecule has 0 aliphatic rings. The predicted octanol–water partition coefficient (Wildman–Crippen LogP) is 2.00. The molecule has 0 aromatic heterocycles. The van der Waals surface area contributed by atoms with E-state index in [0.29, 0.717) is 0 Å². The third kappa shape index (κ3) is 1.80. The van der Waals surface area contributed by atoms with E-state index in [1.54, 1.807) is 11.8 Å². The summed E-state index contributed by atoms with van der Waals surface area (Å²) in [6.45, 7) is 1.97. The van der Waals surface area contributed by atoms with Gasteiger partial charge in [0.15, 0.2) is 0 Å². The third-order valence-corrected chi connectivity index (χ3v) is 2.45. The maximum Gasteiger partial charge on any atom is 0.123 e. The highest BCUT2D eigenvalue weighted by atomic mass is 32.2. The number of benzene rings is 1. The van der Waals surface area contributed by atoms with Gasteiger partial charge in [-0.15, -0.1) is 11.8 Å². The van der Waals surface area contributed by atoms with Crippen LogP contribution < -0.4 is 5.73 Å². The molecular formula is C9H12N2S. The van der Waals surface area contributed by atoms with Gasteiger partial charge in [-0.05, 0) is 36.9 Å². The lowest BCUT2D eigenvalue weighted by Crippen LogP contribution is -2.12. The molecule has 12 heavy (non-hydrogen) atoms. The van der Waals surface area contributed by atoms with E-state index in [9.17, 15) is 0 Å². The highest BCUT2D eigenvalue weighted by Gasteiger charge is 2.01. The SMILES string of the molecule is CSc1ccc(C(=N)N)c(C)c1. The van der Waals surface area contributed by atoms with Gasteiger partial charge >= 0.3 is 0 Å². The average Bonchev–Trinajstić information content (AvgIpc) is 2.03. The first-order chi connectivity index (χ1) is 5.65. The smallest absolute Gasteiger partial charge is 0.123 e. The molecule has 0 radical (unpaired) electrons. The summed E-state index contributed by atoms with van der Waals surface area (Å²) in [4.78, 5) is 1.21. The largest absolute Gasteiger partial charge is 0.384 e. The van der Waals surface area contributed by atoms with Crippen molar-refractivity contribution in [1.29, 1.82) is 5.41 Å². The maximum absolute atomic E-state index is 7.27. The van der Waals surface area contributed by atoms with Crippen molar-refractivity contribution in [3.63, 3.8) is 0 Å². The fourth-order valence-electron chi connectivity index (χ4n) is 1.07. The zero-order valence-electron chi connectivity index (χ0n) is 7.22. The molecule has 0 saturated heterocycles. The molecule has 1 rings (SSSR count). The molecule has 3 N–H and O–H groups in total. The van der Waals surface area contributed by atoms with Gasteiger partial charge in [-0.3, -0.25) is 5.41 Å². The Kier molecular flexibility index (Phi) is 2.76. The van der Waals surface area contributed by atoms with Crippen LogP contribution in [0, 0.1) is 12.3 Å². The van der Waals surface area contributed by atoms with Crippen LogP contribution in [0.25, 0.3) is 0 Å². The lowest BCUT2D eigenvalue weighted by molar-refractivity contribution is 1.31. The minimum Gasteiger partial charge on any atom is -0.384 e. The zero-order chi connectivity index (χ0) is 9.14. The van der Waals surface area contributed by atoms with Crippen LogP contribution in [-0.2, 0) is 0 Å². The van der Waals surface area contributed by atoms with Crippen molar-refractivity contribution >= 4 is 17.6 Å². The molecule has 3 heteroatoms. The van der Waals surface area contributed by atoms with E-state index in [-0.39, 0.29) is 5.84 Å². The number of aryl methyl sites for hydroxylation is 1. The quantitative estimate of drug-likeness (QED) is 0.415. The van der Waals surface area contributed by atoms with E-state index >= 15 is 0 Å². The Balaban J connectivity index is 3.12. The number of thioether (sulfide) groups is 1. The minimum atomic E-state index is 0.139. The summed E-state index contributed by atoms with van der Waals surface area (Å²) in [7, 11) is 0. The van der Waals surface area contributed by atoms with Crippen molar-refractivity contribution in [3.8, 4) is 0 Å². The number of amidine groups is 1. The van der Waals surface area contributed by atoms with Gasteiger partial charge in [-0.2, -0.15) is 0 Å². The highest BCUT2D eigenvalue weighted by molar-refractivity contribution is 7.98. The number of nitrogen functional groups attached to an aromatic ring is 1. The van der Waals surface area contributed by atoms with Crippen LogP contribution in [0.4, 0.5) is 0 Å². The van der Waals surface area contributed by atoms with Gasteiger partial charge < -0.3 is 5.73 Å². The second-order valence-corrected chi connectivity index (χ2v) is 3.47. The van der Waals surface area contributed by atoms with Crippen LogP contribution in [0.15, 0.2) is 23.1 Å². The summed E-state index contributed by atoms with van der Waals surface area (Å²) in [5.74, 6) is 0.139. The molecule has 1 aromatic rings. The van der Waals surface area contributed by atoms with E-state index in [0.717, 1.165) is 11.1 Å². The Morgan fingerprint density at radius 3 is 2.58 bits per heavy atom. The normalized spacial score (nSPS) is 9.83. The molecule has 2 nitrogen and oxygen atoms in total. The Morgan fingerprint density at radius 2 is 2.17 bits per heavy atom. The molecule has 0 aliphatic carbocycles. The fraction of sp³-hybridized carbons (Fsp3) is 0.222. The van der Waals surface area contributed by atoms with Crippen LogP contribution >= 0.6 is 11.8 Å². The van der Waals surface area contributed by atoms with Crippen molar-refractivity contribution in [2.24, 2.45) is 5.73 Å². The highest BCUT2D eigenvalue weighted by Crippen LogP contribution is 2.18. The Morgan fingerprint density at radius 1 is 1.50 bits per heavy atom. The lowest BCUT2D eigenvalue weighted by Gasteiger charge is -2.04. The third-order valence-electron chi connectivity index (χ3n) is 1.72. The van der Waals surface area contributed by atoms with E-state index < -0.39 is 0 Å². The van der Waals surface area contributed by atoms with E-state index in [2.05, 4.69) is 0 Å². The summed E-state index contributed by atoms with van der Waals surface area (Å²) in [5.41, 5.74) is 7.27. The fourth-order valence-corrected chi connectivity index (χ4v) is 1.56. The first-order valence-corrected chi connectivity index (χ1v) is 4.86. The first kappa shape index (κ1) is 9.13. The molecule has 0 amide bonds. The van der Waals surface area contributed by atoms with E-state index in [1.807, 2.05) is 31.4 Å². The van der Waals surface area contributed by atoms with Crippen LogP contribution in [0.5, 0.6) is 0 Å². The number of hydrogen-bond acceptors (Lipinski definition) is 2. The number of nitrogens with one attached hydrogen (secondary N) is 1. The number of hydrogen-bond donors (Lipinski definition) is 2. The molecule has 64 valence electrons. The molecule has 0 unspecified atom stereocenters. The van der Waals surface area contributed by atoms with Crippen molar-refractivity contribution in [2.45, 2.75) is 11.8 Å². The summed E-state index contributed by atoms with van der Waals surface area (Å²) in [5, 5.41) is 7.27. The van der Waals surface area contributed by atoms with Crippen LogP contribution in [0.3, 0.4) is 0 Å². The number of nitrogens with two attached hydrogens (primary N) is 1. The molecule has 0 aliphatic heterocycles. The number of rotatable bonds is 2. The predicted molar refractivity (Wildman–Crippen MR) is 54.0 cm³/mol. The molecule has 0 atom stereocenters. The Hall–Kier alpha value is -0.960. The lowest BCUT2D eigenvalue weighted by atomic mass is 10.1. The topological polar surface area (TPSA) is 49.9 Å². The molecule has 0 saturated carbocycles. The standard InChI is InChI=1S/C9H12N2S/c1-6-5-7(12-2)3-4-8(6)9(10)11/h3-5H,1-2H3,(H3,10,11). The minimum absolute atomic E-state index is 0.139. The Labute approximate surface area is 76.7 Å². The molecule has 0 fully saturated rings. The van der Waals surface area contributed by atoms with Gasteiger partial charge in [0.1, 0.15) is 5.84 Å². The van der Waals surface area contributed by atoms with Crippen molar-refractivity contribution in [3.05, 3.63) is 29.3 Å². The summed E-state index contributed by atoms with van der Waals surface area (Å²) in [6.07, 6.45) is 2.03. The molecule has 0 bridgehead atoms. The molecule has 1 aromatic carbocycles. The summed E-state index contributed by atoms with van der Waals surface area (Å²) in [6, 6.07) is 5.92. The summed E-state index contributed by atoms with van der Waals surface area (Å²) < 4.78 is 0. The van der Waals surface area contributed by atoms with Gasteiger partial charge in [0, 0.05) is 10.5 Å². The van der Waals surface area contributed by atoms with E-state index in [1.165, 1.54) is 4.90 Å². The van der Waals surface area contributed by atoms with Crippen molar-refractivity contribution in [1.82, 2.24) is 0 Å². The van der Waals surface area contributed by atoms with Gasteiger partial charge in [-0.1, -0.05) is 0 Å². The second-order valence-electron chi connectivity index (χ2n) is 2.59. The van der Waals surface area contributed by atoms with Crippen LogP contribution in [-0.4, -0.2) is 12.1 Å².